The van der Waals surface area contributed by atoms with E-state index < -0.39 is 0 Å². The molecule has 1 heterocycles. The Kier molecular flexibility index (Phi) is 4.79. The van der Waals surface area contributed by atoms with E-state index in [9.17, 15) is 4.79 Å². The molecule has 0 aliphatic rings. The number of aryl methyl sites for hydroxylation is 3. The molecule has 2 N–H and O–H groups in total. The topological polar surface area (TPSA) is 80.0 Å². The molecule has 25 heavy (non-hydrogen) atoms. The van der Waals surface area contributed by atoms with E-state index in [0.717, 1.165) is 16.8 Å². The van der Waals surface area contributed by atoms with Gasteiger partial charge in [0.25, 0.3) is 0 Å². The molecule has 0 fully saturated rings. The van der Waals surface area contributed by atoms with Gasteiger partial charge in [-0.05, 0) is 55.7 Å². The normalized spacial score (nSPS) is 10.5. The highest BCUT2D eigenvalue weighted by molar-refractivity contribution is 6.00. The Bertz CT molecular complexity index is 902. The van der Waals surface area contributed by atoms with E-state index in [4.69, 9.17) is 4.52 Å². The van der Waals surface area contributed by atoms with Gasteiger partial charge < -0.3 is 15.2 Å². The summed E-state index contributed by atoms with van der Waals surface area (Å²) in [6.45, 7) is 5.82. The molecule has 0 saturated carbocycles. The minimum Gasteiger partial charge on any atom is -0.339 e. The quantitative estimate of drug-likeness (QED) is 0.747. The van der Waals surface area contributed by atoms with E-state index >= 15 is 0 Å². The number of urea groups is 1. The first-order valence-corrected chi connectivity index (χ1v) is 8.03. The van der Waals surface area contributed by atoms with Crippen LogP contribution in [0.3, 0.4) is 0 Å². The van der Waals surface area contributed by atoms with E-state index in [0.29, 0.717) is 23.8 Å². The molecule has 3 aromatic rings. The number of nitrogens with one attached hydrogen (secondary N) is 2. The third kappa shape index (κ3) is 4.23. The summed E-state index contributed by atoms with van der Waals surface area (Å²) in [5.74, 6) is 1.11. The lowest BCUT2D eigenvalue weighted by Crippen LogP contribution is -2.20. The van der Waals surface area contributed by atoms with Crippen LogP contribution in [0.1, 0.15) is 28.4 Å². The van der Waals surface area contributed by atoms with Crippen molar-refractivity contribution in [1.82, 2.24) is 10.1 Å². The van der Waals surface area contributed by atoms with Crippen LogP contribution in [0.4, 0.5) is 16.2 Å². The van der Waals surface area contributed by atoms with Gasteiger partial charge in [0.15, 0.2) is 5.82 Å². The molecule has 128 valence electrons. The first-order valence-electron chi connectivity index (χ1n) is 8.03. The van der Waals surface area contributed by atoms with Gasteiger partial charge in [0, 0.05) is 11.4 Å². The summed E-state index contributed by atoms with van der Waals surface area (Å²) in [6.07, 6.45) is 0.459. The lowest BCUT2D eigenvalue weighted by Gasteiger charge is -2.12. The van der Waals surface area contributed by atoms with Crippen molar-refractivity contribution >= 4 is 17.4 Å². The number of anilines is 2. The Morgan fingerprint density at radius 3 is 2.56 bits per heavy atom. The standard InChI is InChI=1S/C19H20N4O2/c1-12-8-9-16(10-13(12)2)21-19(24)22-17-7-5-4-6-15(17)11-18-20-14(3)23-25-18/h4-10H,11H2,1-3H3,(H2,21,22,24). The summed E-state index contributed by atoms with van der Waals surface area (Å²) in [6, 6.07) is 13.1. The molecule has 0 saturated heterocycles. The number of amides is 2. The average molecular weight is 336 g/mol. The van der Waals surface area contributed by atoms with Crippen LogP contribution in [0.25, 0.3) is 0 Å². The van der Waals surface area contributed by atoms with Gasteiger partial charge >= 0.3 is 6.03 Å². The second-order valence-corrected chi connectivity index (χ2v) is 5.95. The maximum atomic E-state index is 12.3. The molecule has 0 spiro atoms. The SMILES string of the molecule is Cc1noc(Cc2ccccc2NC(=O)Nc2ccc(C)c(C)c2)n1. The Hall–Kier alpha value is -3.15. The second-order valence-electron chi connectivity index (χ2n) is 5.95. The molecule has 1 aromatic heterocycles. The van der Waals surface area contributed by atoms with Crippen LogP contribution in [0.15, 0.2) is 47.0 Å². The molecule has 0 atom stereocenters. The van der Waals surface area contributed by atoms with Crippen LogP contribution in [-0.2, 0) is 6.42 Å². The summed E-state index contributed by atoms with van der Waals surface area (Å²) >= 11 is 0. The number of carbonyl (C=O) groups is 1. The smallest absolute Gasteiger partial charge is 0.323 e. The molecular formula is C19H20N4O2. The fourth-order valence-corrected chi connectivity index (χ4v) is 2.48. The molecule has 0 bridgehead atoms. The largest absolute Gasteiger partial charge is 0.339 e. The number of hydrogen-bond donors (Lipinski definition) is 2. The Balaban J connectivity index is 1.71. The molecule has 3 rings (SSSR count). The van der Waals surface area contributed by atoms with Gasteiger partial charge in [-0.2, -0.15) is 4.98 Å². The van der Waals surface area contributed by atoms with E-state index in [1.54, 1.807) is 6.92 Å². The summed E-state index contributed by atoms with van der Waals surface area (Å²) in [4.78, 5) is 16.5. The van der Waals surface area contributed by atoms with Crippen molar-refractivity contribution in [3.05, 3.63) is 70.9 Å². The van der Waals surface area contributed by atoms with Crippen LogP contribution in [0.2, 0.25) is 0 Å². The van der Waals surface area contributed by atoms with Gasteiger partial charge in [0.1, 0.15) is 0 Å². The molecule has 2 aromatic carbocycles. The summed E-state index contributed by atoms with van der Waals surface area (Å²) < 4.78 is 5.16. The monoisotopic (exact) mass is 336 g/mol. The zero-order chi connectivity index (χ0) is 17.8. The van der Waals surface area contributed by atoms with Crippen molar-refractivity contribution in [2.24, 2.45) is 0 Å². The van der Waals surface area contributed by atoms with Crippen molar-refractivity contribution in [3.8, 4) is 0 Å². The van der Waals surface area contributed by atoms with Crippen molar-refractivity contribution in [3.63, 3.8) is 0 Å². The van der Waals surface area contributed by atoms with Crippen LogP contribution >= 0.6 is 0 Å². The predicted molar refractivity (Wildman–Crippen MR) is 96.8 cm³/mol. The van der Waals surface area contributed by atoms with E-state index in [1.165, 1.54) is 5.56 Å². The molecule has 2 amide bonds. The number of para-hydroxylation sites is 1. The number of carbonyl (C=O) groups excluding carboxylic acids is 1. The molecule has 0 radical (unpaired) electrons. The zero-order valence-corrected chi connectivity index (χ0v) is 14.5. The van der Waals surface area contributed by atoms with Gasteiger partial charge in [-0.3, -0.25) is 0 Å². The lowest BCUT2D eigenvalue weighted by molar-refractivity contribution is 0.262. The summed E-state index contributed by atoms with van der Waals surface area (Å²) in [5, 5.41) is 9.52. The molecule has 0 aliphatic heterocycles. The van der Waals surface area contributed by atoms with Gasteiger partial charge in [-0.15, -0.1) is 0 Å². The summed E-state index contributed by atoms with van der Waals surface area (Å²) in [5.41, 5.74) is 4.68. The minimum absolute atomic E-state index is 0.294. The number of hydrogen-bond acceptors (Lipinski definition) is 4. The van der Waals surface area contributed by atoms with Crippen molar-refractivity contribution in [1.29, 1.82) is 0 Å². The van der Waals surface area contributed by atoms with Crippen LogP contribution in [0, 0.1) is 20.8 Å². The fourth-order valence-electron chi connectivity index (χ4n) is 2.48. The maximum absolute atomic E-state index is 12.3. The lowest BCUT2D eigenvalue weighted by atomic mass is 10.1. The van der Waals surface area contributed by atoms with Gasteiger partial charge in [0.05, 0.1) is 6.42 Å². The highest BCUT2D eigenvalue weighted by atomic mass is 16.5. The first kappa shape index (κ1) is 16.7. The first-order chi connectivity index (χ1) is 12.0. The fraction of sp³-hybridized carbons (Fsp3) is 0.211. The Morgan fingerprint density at radius 1 is 1.04 bits per heavy atom. The van der Waals surface area contributed by atoms with Gasteiger partial charge in [-0.1, -0.05) is 29.4 Å². The minimum atomic E-state index is -0.294. The second kappa shape index (κ2) is 7.17. The molecule has 6 nitrogen and oxygen atoms in total. The number of aromatic nitrogens is 2. The van der Waals surface area contributed by atoms with E-state index in [-0.39, 0.29) is 6.03 Å². The van der Waals surface area contributed by atoms with Gasteiger partial charge in [0.2, 0.25) is 5.89 Å². The average Bonchev–Trinajstić information content (AvgIpc) is 2.98. The van der Waals surface area contributed by atoms with Crippen LogP contribution < -0.4 is 10.6 Å². The van der Waals surface area contributed by atoms with Crippen LogP contribution in [0.5, 0.6) is 0 Å². The van der Waals surface area contributed by atoms with E-state index in [1.807, 2.05) is 56.3 Å². The molecular weight excluding hydrogens is 316 g/mol. The highest BCUT2D eigenvalue weighted by Gasteiger charge is 2.11. The molecule has 6 heteroatoms. The Morgan fingerprint density at radius 2 is 1.84 bits per heavy atom. The van der Waals surface area contributed by atoms with E-state index in [2.05, 4.69) is 20.8 Å². The summed E-state index contributed by atoms with van der Waals surface area (Å²) in [7, 11) is 0. The Labute approximate surface area is 146 Å². The molecule has 0 aliphatic carbocycles. The van der Waals surface area contributed by atoms with Crippen LogP contribution in [-0.4, -0.2) is 16.2 Å². The highest BCUT2D eigenvalue weighted by Crippen LogP contribution is 2.19. The third-order valence-electron chi connectivity index (χ3n) is 3.94. The maximum Gasteiger partial charge on any atom is 0.323 e. The predicted octanol–water partition coefficient (Wildman–Crippen LogP) is 4.23. The molecule has 0 unspecified atom stereocenters. The van der Waals surface area contributed by atoms with Crippen molar-refractivity contribution < 1.29 is 9.32 Å². The number of rotatable bonds is 4. The number of nitrogens with zero attached hydrogens (tertiary/aromatic N) is 2. The van der Waals surface area contributed by atoms with Gasteiger partial charge in [-0.25, -0.2) is 4.79 Å². The van der Waals surface area contributed by atoms with Crippen molar-refractivity contribution in [2.45, 2.75) is 27.2 Å². The number of benzene rings is 2. The van der Waals surface area contributed by atoms with Crippen molar-refractivity contribution in [2.75, 3.05) is 10.6 Å². The third-order valence-corrected chi connectivity index (χ3v) is 3.94. The zero-order valence-electron chi connectivity index (χ0n) is 14.5.